The Kier molecular flexibility index (Phi) is 6.10. The number of ketones is 1. The summed E-state index contributed by atoms with van der Waals surface area (Å²) in [4.78, 5) is 25.8. The minimum Gasteiger partial charge on any atom is -0.330 e. The van der Waals surface area contributed by atoms with E-state index in [1.54, 1.807) is 24.3 Å². The highest BCUT2D eigenvalue weighted by atomic mass is 16.2. The fraction of sp³-hybridized carbons (Fsp3) is 0.529. The number of carbonyl (C=O) groups excluding carboxylic acids is 2. The number of nitrogens with two attached hydrogens (primary N) is 1. The summed E-state index contributed by atoms with van der Waals surface area (Å²) in [5, 5.41) is 2.88. The summed E-state index contributed by atoms with van der Waals surface area (Å²) in [6.07, 6.45) is 4.40. The van der Waals surface area contributed by atoms with E-state index in [0.717, 1.165) is 25.8 Å². The Morgan fingerprint density at radius 1 is 1.36 bits per heavy atom. The minimum absolute atomic E-state index is 0.00450. The summed E-state index contributed by atoms with van der Waals surface area (Å²) in [6.45, 7) is 3.51. The van der Waals surface area contributed by atoms with Crippen molar-refractivity contribution in [2.24, 2.45) is 5.73 Å². The summed E-state index contributed by atoms with van der Waals surface area (Å²) in [6, 6.07) is 7.46. The van der Waals surface area contributed by atoms with Crippen molar-refractivity contribution >= 4 is 17.4 Å². The van der Waals surface area contributed by atoms with Gasteiger partial charge in [-0.25, -0.2) is 0 Å². The molecular weight excluding hydrogens is 278 g/mol. The molecule has 1 aromatic rings. The van der Waals surface area contributed by atoms with Crippen molar-refractivity contribution in [3.05, 3.63) is 29.8 Å². The number of nitrogens with zero attached hydrogens (tertiary/aromatic N) is 1. The molecule has 0 saturated carbocycles. The van der Waals surface area contributed by atoms with Crippen molar-refractivity contribution < 1.29 is 9.59 Å². The van der Waals surface area contributed by atoms with Gasteiger partial charge in [-0.1, -0.05) is 18.6 Å². The van der Waals surface area contributed by atoms with Gasteiger partial charge in [-0.3, -0.25) is 14.5 Å². The SMILES string of the molecule is CC(=O)c1cccc(NC(=O)CN2CCCCC2CCN)c1. The molecule has 0 aliphatic carbocycles. The van der Waals surface area contributed by atoms with E-state index in [-0.39, 0.29) is 11.7 Å². The first-order chi connectivity index (χ1) is 10.6. The molecule has 0 bridgehead atoms. The lowest BCUT2D eigenvalue weighted by atomic mass is 9.99. The molecule has 120 valence electrons. The van der Waals surface area contributed by atoms with Gasteiger partial charge in [-0.05, 0) is 51.4 Å². The maximum Gasteiger partial charge on any atom is 0.238 e. The van der Waals surface area contributed by atoms with E-state index in [2.05, 4.69) is 10.2 Å². The number of carbonyl (C=O) groups is 2. The smallest absolute Gasteiger partial charge is 0.238 e. The second-order valence-electron chi connectivity index (χ2n) is 5.88. The van der Waals surface area contributed by atoms with Crippen LogP contribution in [-0.4, -0.2) is 42.3 Å². The molecule has 22 heavy (non-hydrogen) atoms. The number of hydrogen-bond donors (Lipinski definition) is 2. The molecule has 1 amide bonds. The molecule has 0 aromatic heterocycles. The van der Waals surface area contributed by atoms with Gasteiger partial charge in [0.15, 0.2) is 5.78 Å². The first kappa shape index (κ1) is 16.6. The van der Waals surface area contributed by atoms with E-state index in [9.17, 15) is 9.59 Å². The van der Waals surface area contributed by atoms with Crippen molar-refractivity contribution in [2.75, 3.05) is 25.0 Å². The number of Topliss-reactive ketones (excluding diaryl/α,β-unsaturated/α-hetero) is 1. The Balaban J connectivity index is 1.94. The maximum atomic E-state index is 12.2. The van der Waals surface area contributed by atoms with Gasteiger partial charge in [-0.15, -0.1) is 0 Å². The van der Waals surface area contributed by atoms with E-state index in [1.165, 1.54) is 13.3 Å². The zero-order valence-corrected chi connectivity index (χ0v) is 13.2. The number of amides is 1. The fourth-order valence-corrected chi connectivity index (χ4v) is 2.99. The molecule has 1 aliphatic rings. The van der Waals surface area contributed by atoms with Gasteiger partial charge in [-0.2, -0.15) is 0 Å². The largest absolute Gasteiger partial charge is 0.330 e. The molecule has 1 fully saturated rings. The number of nitrogens with one attached hydrogen (secondary N) is 1. The van der Waals surface area contributed by atoms with Crippen molar-refractivity contribution in [3.63, 3.8) is 0 Å². The summed E-state index contributed by atoms with van der Waals surface area (Å²) in [5.74, 6) is -0.0419. The van der Waals surface area contributed by atoms with Crippen LogP contribution in [-0.2, 0) is 4.79 Å². The quantitative estimate of drug-likeness (QED) is 0.789. The van der Waals surface area contributed by atoms with Crippen LogP contribution in [0.3, 0.4) is 0 Å². The molecule has 1 aliphatic heterocycles. The maximum absolute atomic E-state index is 12.2. The van der Waals surface area contributed by atoms with Gasteiger partial charge >= 0.3 is 0 Å². The lowest BCUT2D eigenvalue weighted by Crippen LogP contribution is -2.44. The average Bonchev–Trinajstić information content (AvgIpc) is 2.49. The van der Waals surface area contributed by atoms with Gasteiger partial charge in [0.1, 0.15) is 0 Å². The molecule has 0 spiro atoms. The molecule has 5 nitrogen and oxygen atoms in total. The molecule has 0 radical (unpaired) electrons. The summed E-state index contributed by atoms with van der Waals surface area (Å²) in [5.41, 5.74) is 6.94. The first-order valence-electron chi connectivity index (χ1n) is 7.95. The van der Waals surface area contributed by atoms with Crippen LogP contribution in [0, 0.1) is 0 Å². The highest BCUT2D eigenvalue weighted by Crippen LogP contribution is 2.19. The summed E-state index contributed by atoms with van der Waals surface area (Å²) in [7, 11) is 0. The predicted molar refractivity (Wildman–Crippen MR) is 88.0 cm³/mol. The number of benzene rings is 1. The molecule has 1 atom stereocenters. The third-order valence-electron chi connectivity index (χ3n) is 4.15. The second-order valence-corrected chi connectivity index (χ2v) is 5.88. The fourth-order valence-electron chi connectivity index (χ4n) is 2.99. The molecule has 5 heteroatoms. The van der Waals surface area contributed by atoms with Gasteiger partial charge in [0.2, 0.25) is 5.91 Å². The monoisotopic (exact) mass is 303 g/mol. The molecule has 3 N–H and O–H groups in total. The van der Waals surface area contributed by atoms with Crippen LogP contribution in [0.5, 0.6) is 0 Å². The van der Waals surface area contributed by atoms with Crippen molar-refractivity contribution in [3.8, 4) is 0 Å². The van der Waals surface area contributed by atoms with Crippen molar-refractivity contribution in [1.29, 1.82) is 0 Å². The Hall–Kier alpha value is -1.72. The first-order valence-corrected chi connectivity index (χ1v) is 7.95. The summed E-state index contributed by atoms with van der Waals surface area (Å²) >= 11 is 0. The van der Waals surface area contributed by atoms with Crippen LogP contribution in [0.15, 0.2) is 24.3 Å². The molecular formula is C17H25N3O2. The number of likely N-dealkylation sites (tertiary alicyclic amines) is 1. The van der Waals surface area contributed by atoms with E-state index in [1.807, 2.05) is 0 Å². The lowest BCUT2D eigenvalue weighted by Gasteiger charge is -2.35. The molecule has 1 saturated heterocycles. The van der Waals surface area contributed by atoms with Crippen LogP contribution in [0.1, 0.15) is 43.0 Å². The van der Waals surface area contributed by atoms with Crippen LogP contribution < -0.4 is 11.1 Å². The minimum atomic E-state index is -0.0374. The Labute approximate surface area is 131 Å². The number of hydrogen-bond acceptors (Lipinski definition) is 4. The van der Waals surface area contributed by atoms with E-state index in [4.69, 9.17) is 5.73 Å². The van der Waals surface area contributed by atoms with Crippen LogP contribution in [0.2, 0.25) is 0 Å². The average molecular weight is 303 g/mol. The molecule has 1 heterocycles. The van der Waals surface area contributed by atoms with E-state index in [0.29, 0.717) is 30.4 Å². The van der Waals surface area contributed by atoms with Gasteiger partial charge in [0, 0.05) is 17.3 Å². The normalized spacial score (nSPS) is 18.9. The van der Waals surface area contributed by atoms with Gasteiger partial charge in [0.05, 0.1) is 6.54 Å². The third-order valence-corrected chi connectivity index (χ3v) is 4.15. The number of rotatable bonds is 6. The second kappa shape index (κ2) is 8.06. The molecule has 1 aromatic carbocycles. The topological polar surface area (TPSA) is 75.4 Å². The van der Waals surface area contributed by atoms with Crippen LogP contribution in [0.4, 0.5) is 5.69 Å². The lowest BCUT2D eigenvalue weighted by molar-refractivity contribution is -0.118. The van der Waals surface area contributed by atoms with E-state index < -0.39 is 0 Å². The Morgan fingerprint density at radius 3 is 2.91 bits per heavy atom. The van der Waals surface area contributed by atoms with Crippen LogP contribution in [0.25, 0.3) is 0 Å². The van der Waals surface area contributed by atoms with Crippen molar-refractivity contribution in [2.45, 2.75) is 38.6 Å². The van der Waals surface area contributed by atoms with E-state index >= 15 is 0 Å². The third kappa shape index (κ3) is 4.64. The van der Waals surface area contributed by atoms with Crippen molar-refractivity contribution in [1.82, 2.24) is 4.90 Å². The van der Waals surface area contributed by atoms with Crippen LogP contribution >= 0.6 is 0 Å². The molecule has 2 rings (SSSR count). The van der Waals surface area contributed by atoms with Gasteiger partial charge in [0.25, 0.3) is 0 Å². The Morgan fingerprint density at radius 2 is 2.18 bits per heavy atom. The zero-order valence-electron chi connectivity index (χ0n) is 13.2. The predicted octanol–water partition coefficient (Wildman–Crippen LogP) is 2.03. The number of piperidine rings is 1. The Bertz CT molecular complexity index is 528. The van der Waals surface area contributed by atoms with Gasteiger partial charge < -0.3 is 11.1 Å². The molecule has 1 unspecified atom stereocenters. The zero-order chi connectivity index (χ0) is 15.9. The highest BCUT2D eigenvalue weighted by Gasteiger charge is 2.23. The number of anilines is 1. The standard InChI is InChI=1S/C17H25N3O2/c1-13(21)14-5-4-6-15(11-14)19-17(22)12-20-10-3-2-7-16(20)8-9-18/h4-6,11,16H,2-3,7-10,12,18H2,1H3,(H,19,22). The summed E-state index contributed by atoms with van der Waals surface area (Å²) < 4.78 is 0. The highest BCUT2D eigenvalue weighted by molar-refractivity contribution is 5.97.